The van der Waals surface area contributed by atoms with Gasteiger partial charge in [-0.15, -0.1) is 0 Å². The first kappa shape index (κ1) is 23.8. The fraction of sp³-hybridized carbons (Fsp3) is 0.227. The lowest BCUT2D eigenvalue weighted by Gasteiger charge is -2.18. The molecule has 1 unspecified atom stereocenters. The van der Waals surface area contributed by atoms with Gasteiger partial charge in [0, 0.05) is 11.4 Å². The number of Topliss-reactive ketones (excluding diaryl/α,β-unsaturated/α-hetero) is 1. The Morgan fingerprint density at radius 1 is 1.12 bits per heavy atom. The summed E-state index contributed by atoms with van der Waals surface area (Å²) in [5.74, 6) is -1.40. The molecule has 168 valence electrons. The molecule has 0 bridgehead atoms. The lowest BCUT2D eigenvalue weighted by atomic mass is 10.0. The summed E-state index contributed by atoms with van der Waals surface area (Å²) >= 11 is 11.0. The SMILES string of the molecule is O=C(Cc1c(O)n(-c2ccc(Cl)cc2)c(=S)[nH]c1=O)C(O)[C@H](O)COCc1ccccc1. The van der Waals surface area contributed by atoms with E-state index in [1.54, 1.807) is 24.3 Å². The first-order valence-corrected chi connectivity index (χ1v) is 10.4. The molecule has 2 aromatic carbocycles. The summed E-state index contributed by atoms with van der Waals surface area (Å²) in [5, 5.41) is 31.4. The van der Waals surface area contributed by atoms with Crippen molar-refractivity contribution in [3.63, 3.8) is 0 Å². The van der Waals surface area contributed by atoms with Gasteiger partial charge in [0.05, 0.1) is 24.5 Å². The standard InChI is InChI=1S/C22H21ClN2O6S/c23-14-6-8-15(9-7-14)25-21(30)16(20(29)24-22(25)32)10-17(26)19(28)18(27)12-31-11-13-4-2-1-3-5-13/h1-9,18-19,27-28,30H,10-12H2,(H,24,29,32)/t18-,19?/m1/s1. The molecule has 0 aliphatic heterocycles. The van der Waals surface area contributed by atoms with E-state index in [1.165, 1.54) is 4.57 Å². The first-order valence-electron chi connectivity index (χ1n) is 9.61. The number of aromatic amines is 1. The van der Waals surface area contributed by atoms with Crippen LogP contribution in [0.2, 0.25) is 5.02 Å². The van der Waals surface area contributed by atoms with Crippen LogP contribution >= 0.6 is 23.8 Å². The second kappa shape index (κ2) is 10.7. The van der Waals surface area contributed by atoms with Crippen molar-refractivity contribution in [1.82, 2.24) is 9.55 Å². The molecule has 0 saturated carbocycles. The quantitative estimate of drug-likeness (QED) is 0.349. The van der Waals surface area contributed by atoms with E-state index in [-0.39, 0.29) is 23.5 Å². The van der Waals surface area contributed by atoms with Crippen LogP contribution in [0.3, 0.4) is 0 Å². The average molecular weight is 477 g/mol. The molecular weight excluding hydrogens is 456 g/mol. The fourth-order valence-electron chi connectivity index (χ4n) is 3.01. The molecule has 0 spiro atoms. The third-order valence-electron chi connectivity index (χ3n) is 4.71. The smallest absolute Gasteiger partial charge is 0.259 e. The number of carbonyl (C=O) groups is 1. The molecule has 3 aromatic rings. The number of ketones is 1. The summed E-state index contributed by atoms with van der Waals surface area (Å²) in [6.45, 7) is -0.0966. The molecule has 0 radical (unpaired) electrons. The molecule has 0 fully saturated rings. The van der Waals surface area contributed by atoms with Crippen LogP contribution in [0.25, 0.3) is 5.69 Å². The van der Waals surface area contributed by atoms with Gasteiger partial charge < -0.3 is 20.1 Å². The van der Waals surface area contributed by atoms with Crippen LogP contribution in [-0.4, -0.2) is 49.5 Å². The van der Waals surface area contributed by atoms with E-state index >= 15 is 0 Å². The zero-order valence-electron chi connectivity index (χ0n) is 16.8. The van der Waals surface area contributed by atoms with Crippen molar-refractivity contribution < 1.29 is 24.9 Å². The van der Waals surface area contributed by atoms with Crippen molar-refractivity contribution in [2.75, 3.05) is 6.61 Å². The highest BCUT2D eigenvalue weighted by Gasteiger charge is 2.27. The van der Waals surface area contributed by atoms with Crippen LogP contribution in [0.4, 0.5) is 0 Å². The highest BCUT2D eigenvalue weighted by atomic mass is 35.5. The molecule has 32 heavy (non-hydrogen) atoms. The maximum atomic E-state index is 12.5. The number of aliphatic hydroxyl groups excluding tert-OH is 2. The molecule has 3 rings (SSSR count). The van der Waals surface area contributed by atoms with Gasteiger partial charge >= 0.3 is 0 Å². The van der Waals surface area contributed by atoms with E-state index in [2.05, 4.69) is 4.98 Å². The highest BCUT2D eigenvalue weighted by molar-refractivity contribution is 7.71. The Morgan fingerprint density at radius 2 is 1.78 bits per heavy atom. The number of halogens is 1. The van der Waals surface area contributed by atoms with E-state index < -0.39 is 35.9 Å². The third kappa shape index (κ3) is 5.70. The molecule has 4 N–H and O–H groups in total. The monoisotopic (exact) mass is 476 g/mol. The van der Waals surface area contributed by atoms with Gasteiger partial charge in [0.25, 0.3) is 5.56 Å². The molecule has 8 nitrogen and oxygen atoms in total. The topological polar surface area (TPSA) is 125 Å². The number of nitrogens with one attached hydrogen (secondary N) is 1. The van der Waals surface area contributed by atoms with Gasteiger partial charge in [-0.25, -0.2) is 0 Å². The maximum absolute atomic E-state index is 12.5. The number of hydrogen-bond acceptors (Lipinski definition) is 7. The van der Waals surface area contributed by atoms with Gasteiger partial charge in [0.2, 0.25) is 5.88 Å². The van der Waals surface area contributed by atoms with E-state index in [0.717, 1.165) is 5.56 Å². The lowest BCUT2D eigenvalue weighted by Crippen LogP contribution is -2.39. The predicted octanol–water partition coefficient (Wildman–Crippen LogP) is 2.30. The number of nitrogens with zero attached hydrogens (tertiary/aromatic N) is 1. The van der Waals surface area contributed by atoms with Crippen molar-refractivity contribution in [1.29, 1.82) is 0 Å². The van der Waals surface area contributed by atoms with Crippen LogP contribution in [0, 0.1) is 4.77 Å². The van der Waals surface area contributed by atoms with Crippen molar-refractivity contribution in [3.05, 3.63) is 85.9 Å². The minimum atomic E-state index is -1.81. The van der Waals surface area contributed by atoms with Crippen molar-refractivity contribution in [2.45, 2.75) is 25.2 Å². The fourth-order valence-corrected chi connectivity index (χ4v) is 3.42. The molecule has 10 heteroatoms. The maximum Gasteiger partial charge on any atom is 0.259 e. The van der Waals surface area contributed by atoms with Crippen molar-refractivity contribution in [2.24, 2.45) is 0 Å². The molecule has 1 heterocycles. The highest BCUT2D eigenvalue weighted by Crippen LogP contribution is 2.22. The normalized spacial score (nSPS) is 13.0. The van der Waals surface area contributed by atoms with Gasteiger partial charge in [-0.2, -0.15) is 0 Å². The van der Waals surface area contributed by atoms with Crippen LogP contribution < -0.4 is 5.56 Å². The van der Waals surface area contributed by atoms with Crippen molar-refractivity contribution in [3.8, 4) is 11.6 Å². The summed E-state index contributed by atoms with van der Waals surface area (Å²) in [7, 11) is 0. The molecule has 0 saturated heterocycles. The number of H-pyrrole nitrogens is 1. The van der Waals surface area contributed by atoms with Gasteiger partial charge in [0.1, 0.15) is 12.2 Å². The number of ether oxygens (including phenoxy) is 1. The summed E-state index contributed by atoms with van der Waals surface area (Å²) in [6.07, 6.45) is -3.94. The number of aromatic nitrogens is 2. The molecule has 0 amide bonds. The average Bonchev–Trinajstić information content (AvgIpc) is 2.77. The van der Waals surface area contributed by atoms with Gasteiger partial charge in [-0.3, -0.25) is 19.1 Å². The molecule has 1 aromatic heterocycles. The Balaban J connectivity index is 1.72. The summed E-state index contributed by atoms with van der Waals surface area (Å²) in [5.41, 5.74) is 0.215. The van der Waals surface area contributed by atoms with E-state index in [0.29, 0.717) is 10.7 Å². The number of benzene rings is 2. The Morgan fingerprint density at radius 3 is 2.44 bits per heavy atom. The Hall–Kier alpha value is -2.82. The van der Waals surface area contributed by atoms with Crippen LogP contribution in [0.15, 0.2) is 59.4 Å². The van der Waals surface area contributed by atoms with Gasteiger partial charge in [-0.05, 0) is 42.0 Å². The second-order valence-electron chi connectivity index (χ2n) is 7.03. The molecule has 0 aliphatic rings. The Bertz CT molecular complexity index is 1190. The summed E-state index contributed by atoms with van der Waals surface area (Å²) in [4.78, 5) is 27.2. The third-order valence-corrected chi connectivity index (χ3v) is 5.25. The summed E-state index contributed by atoms with van der Waals surface area (Å²) in [6, 6.07) is 15.5. The number of rotatable bonds is 9. The minimum absolute atomic E-state index is 0.0825. The lowest BCUT2D eigenvalue weighted by molar-refractivity contribution is -0.135. The minimum Gasteiger partial charge on any atom is -0.494 e. The molecule has 2 atom stereocenters. The number of hydrogen-bond donors (Lipinski definition) is 4. The van der Waals surface area contributed by atoms with Gasteiger partial charge in [0.15, 0.2) is 10.6 Å². The molecule has 0 aliphatic carbocycles. The van der Waals surface area contributed by atoms with Crippen LogP contribution in [-0.2, 0) is 22.6 Å². The van der Waals surface area contributed by atoms with E-state index in [1.807, 2.05) is 30.3 Å². The predicted molar refractivity (Wildman–Crippen MR) is 121 cm³/mol. The van der Waals surface area contributed by atoms with E-state index in [9.17, 15) is 24.9 Å². The zero-order chi connectivity index (χ0) is 23.3. The molecular formula is C22H21ClN2O6S. The summed E-state index contributed by atoms with van der Waals surface area (Å²) < 4.78 is 6.43. The van der Waals surface area contributed by atoms with E-state index in [4.69, 9.17) is 28.6 Å². The van der Waals surface area contributed by atoms with Crippen LogP contribution in [0.5, 0.6) is 5.88 Å². The Kier molecular flexibility index (Phi) is 7.94. The number of aromatic hydroxyl groups is 1. The Labute approximate surface area is 193 Å². The first-order chi connectivity index (χ1) is 15.3. The number of aliphatic hydroxyl groups is 2. The van der Waals surface area contributed by atoms with Crippen LogP contribution in [0.1, 0.15) is 11.1 Å². The van der Waals surface area contributed by atoms with Gasteiger partial charge in [-0.1, -0.05) is 41.9 Å². The largest absolute Gasteiger partial charge is 0.494 e. The number of carbonyl (C=O) groups excluding carboxylic acids is 1. The second-order valence-corrected chi connectivity index (χ2v) is 7.85. The zero-order valence-corrected chi connectivity index (χ0v) is 18.3. The van der Waals surface area contributed by atoms with Crippen molar-refractivity contribution >= 4 is 29.6 Å².